The van der Waals surface area contributed by atoms with E-state index in [0.29, 0.717) is 31.8 Å². The highest BCUT2D eigenvalue weighted by Crippen LogP contribution is 2.35. The van der Waals surface area contributed by atoms with Crippen molar-refractivity contribution in [2.45, 2.75) is 31.1 Å². The zero-order valence-corrected chi connectivity index (χ0v) is 16.3. The summed E-state index contributed by atoms with van der Waals surface area (Å²) in [6, 6.07) is 4.52. The first-order valence-electron chi connectivity index (χ1n) is 9.87. The van der Waals surface area contributed by atoms with Crippen LogP contribution in [0.25, 0.3) is 0 Å². The van der Waals surface area contributed by atoms with Crippen molar-refractivity contribution in [3.8, 4) is 0 Å². The van der Waals surface area contributed by atoms with Gasteiger partial charge in [-0.25, -0.2) is 9.97 Å². The van der Waals surface area contributed by atoms with E-state index < -0.39 is 23.6 Å². The molecule has 0 amide bonds. The molecule has 0 bridgehead atoms. The molecule has 1 atom stereocenters. The second kappa shape index (κ2) is 8.35. The number of aromatic nitrogens is 2. The zero-order chi connectivity index (χ0) is 21.3. The summed E-state index contributed by atoms with van der Waals surface area (Å²) in [5.41, 5.74) is 5.81. The summed E-state index contributed by atoms with van der Waals surface area (Å²) in [7, 11) is 0. The van der Waals surface area contributed by atoms with E-state index in [2.05, 4.69) is 9.97 Å². The highest BCUT2D eigenvalue weighted by atomic mass is 19.4. The molecule has 2 N–H and O–H groups in total. The Morgan fingerprint density at radius 3 is 2.33 bits per heavy atom. The van der Waals surface area contributed by atoms with Gasteiger partial charge in [-0.2, -0.15) is 17.6 Å². The van der Waals surface area contributed by atoms with Gasteiger partial charge in [-0.3, -0.25) is 0 Å². The minimum atomic E-state index is -4.41. The molecular weight excluding hydrogens is 402 g/mol. The quantitative estimate of drug-likeness (QED) is 0.763. The number of ether oxygens (including phenoxy) is 1. The third-order valence-corrected chi connectivity index (χ3v) is 5.62. The molecule has 6 nitrogen and oxygen atoms in total. The Hall–Kier alpha value is -2.46. The van der Waals surface area contributed by atoms with Gasteiger partial charge in [0.2, 0.25) is 5.82 Å². The molecule has 162 valence electrons. The SMILES string of the molecule is NC1CCN(c2ncnc(N3CCOCC3c3ccc(C(F)(F)F)cc3)c2F)CC1. The predicted molar refractivity (Wildman–Crippen MR) is 104 cm³/mol. The van der Waals surface area contributed by atoms with Crippen molar-refractivity contribution in [3.05, 3.63) is 47.5 Å². The fraction of sp³-hybridized carbons (Fsp3) is 0.500. The molecule has 10 heteroatoms. The van der Waals surface area contributed by atoms with Crippen LogP contribution >= 0.6 is 0 Å². The molecule has 1 aromatic heterocycles. The topological polar surface area (TPSA) is 67.5 Å². The van der Waals surface area contributed by atoms with Crippen LogP contribution < -0.4 is 15.5 Å². The first-order valence-corrected chi connectivity index (χ1v) is 9.87. The van der Waals surface area contributed by atoms with Crippen LogP contribution in [-0.4, -0.2) is 48.9 Å². The lowest BCUT2D eigenvalue weighted by Gasteiger charge is -2.38. The van der Waals surface area contributed by atoms with Crippen LogP contribution in [0.4, 0.5) is 29.2 Å². The molecular formula is C20H23F4N5O. The lowest BCUT2D eigenvalue weighted by atomic mass is 10.0. The van der Waals surface area contributed by atoms with Crippen molar-refractivity contribution in [1.82, 2.24) is 9.97 Å². The molecule has 30 heavy (non-hydrogen) atoms. The van der Waals surface area contributed by atoms with Crippen LogP contribution in [-0.2, 0) is 10.9 Å². The lowest BCUT2D eigenvalue weighted by molar-refractivity contribution is -0.137. The maximum absolute atomic E-state index is 15.4. The lowest BCUT2D eigenvalue weighted by Crippen LogP contribution is -2.42. The number of halogens is 4. The number of hydrogen-bond acceptors (Lipinski definition) is 6. The Balaban J connectivity index is 1.62. The molecule has 3 heterocycles. The summed E-state index contributed by atoms with van der Waals surface area (Å²) in [5, 5.41) is 0. The number of rotatable bonds is 3. The van der Waals surface area contributed by atoms with Gasteiger partial charge in [0.1, 0.15) is 6.33 Å². The van der Waals surface area contributed by atoms with E-state index >= 15 is 4.39 Å². The number of morpholine rings is 1. The van der Waals surface area contributed by atoms with Crippen molar-refractivity contribution in [2.24, 2.45) is 5.73 Å². The minimum absolute atomic E-state index is 0.105. The summed E-state index contributed by atoms with van der Waals surface area (Å²) in [6.07, 6.45) is -1.58. The molecule has 0 spiro atoms. The molecule has 2 aromatic rings. The largest absolute Gasteiger partial charge is 0.416 e. The molecule has 2 aliphatic rings. The molecule has 0 radical (unpaired) electrons. The van der Waals surface area contributed by atoms with Crippen LogP contribution in [0.15, 0.2) is 30.6 Å². The Morgan fingerprint density at radius 2 is 1.67 bits per heavy atom. The van der Waals surface area contributed by atoms with Crippen molar-refractivity contribution < 1.29 is 22.3 Å². The maximum Gasteiger partial charge on any atom is 0.416 e. The average molecular weight is 425 g/mol. The fourth-order valence-electron chi connectivity index (χ4n) is 3.91. The highest BCUT2D eigenvalue weighted by molar-refractivity contribution is 5.54. The van der Waals surface area contributed by atoms with E-state index in [9.17, 15) is 13.2 Å². The number of alkyl halides is 3. The predicted octanol–water partition coefficient (Wildman–Crippen LogP) is 3.14. The summed E-state index contributed by atoms with van der Waals surface area (Å²) in [6.45, 7) is 2.18. The number of anilines is 2. The molecule has 2 fully saturated rings. The van der Waals surface area contributed by atoms with Gasteiger partial charge in [-0.1, -0.05) is 12.1 Å². The first-order chi connectivity index (χ1) is 14.3. The molecule has 2 saturated heterocycles. The van der Waals surface area contributed by atoms with Crippen molar-refractivity contribution >= 4 is 11.6 Å². The van der Waals surface area contributed by atoms with Crippen molar-refractivity contribution in [1.29, 1.82) is 0 Å². The Labute approximate surface area is 171 Å². The van der Waals surface area contributed by atoms with Crippen molar-refractivity contribution in [3.63, 3.8) is 0 Å². The van der Waals surface area contributed by atoms with Gasteiger partial charge in [-0.15, -0.1) is 0 Å². The van der Waals surface area contributed by atoms with Crippen LogP contribution in [0.5, 0.6) is 0 Å². The smallest absolute Gasteiger partial charge is 0.377 e. The fourth-order valence-corrected chi connectivity index (χ4v) is 3.91. The summed E-state index contributed by atoms with van der Waals surface area (Å²) < 4.78 is 59.6. The van der Waals surface area contributed by atoms with E-state index in [1.165, 1.54) is 18.5 Å². The second-order valence-corrected chi connectivity index (χ2v) is 7.56. The van der Waals surface area contributed by atoms with Crippen LogP contribution in [0.3, 0.4) is 0 Å². The standard InChI is InChI=1S/C20H23F4N5O/c21-17-18(28-7-5-15(25)6-8-28)26-12-27-19(17)29-9-10-30-11-16(29)13-1-3-14(4-2-13)20(22,23)24/h1-4,12,15-16H,5-11,25H2. The van der Waals surface area contributed by atoms with Gasteiger partial charge in [0.25, 0.3) is 0 Å². The molecule has 1 aromatic carbocycles. The summed E-state index contributed by atoms with van der Waals surface area (Å²) in [4.78, 5) is 11.9. The number of nitrogens with two attached hydrogens (primary N) is 1. The molecule has 0 saturated carbocycles. The van der Waals surface area contributed by atoms with Crippen molar-refractivity contribution in [2.75, 3.05) is 42.6 Å². The third kappa shape index (κ3) is 4.20. The molecule has 2 aliphatic heterocycles. The normalized spacial score (nSPS) is 21.2. The van der Waals surface area contributed by atoms with Crippen LogP contribution in [0.1, 0.15) is 30.0 Å². The molecule has 1 unspecified atom stereocenters. The zero-order valence-electron chi connectivity index (χ0n) is 16.3. The van der Waals surface area contributed by atoms with Gasteiger partial charge in [0.05, 0.1) is 24.8 Å². The van der Waals surface area contributed by atoms with E-state index in [-0.39, 0.29) is 24.3 Å². The Kier molecular flexibility index (Phi) is 5.79. The van der Waals surface area contributed by atoms with E-state index in [1.807, 2.05) is 4.90 Å². The monoisotopic (exact) mass is 425 g/mol. The number of benzene rings is 1. The minimum Gasteiger partial charge on any atom is -0.377 e. The molecule has 0 aliphatic carbocycles. The van der Waals surface area contributed by atoms with E-state index in [1.54, 1.807) is 4.90 Å². The number of hydrogen-bond donors (Lipinski definition) is 1. The first kappa shape index (κ1) is 20.8. The van der Waals surface area contributed by atoms with Crippen LogP contribution in [0, 0.1) is 5.82 Å². The average Bonchev–Trinajstić information content (AvgIpc) is 2.74. The summed E-state index contributed by atoms with van der Waals surface area (Å²) >= 11 is 0. The number of nitrogens with zero attached hydrogens (tertiary/aromatic N) is 4. The highest BCUT2D eigenvalue weighted by Gasteiger charge is 2.33. The van der Waals surface area contributed by atoms with Gasteiger partial charge in [0, 0.05) is 25.7 Å². The van der Waals surface area contributed by atoms with Gasteiger partial charge in [0.15, 0.2) is 11.6 Å². The van der Waals surface area contributed by atoms with E-state index in [0.717, 1.165) is 25.0 Å². The van der Waals surface area contributed by atoms with Crippen LogP contribution in [0.2, 0.25) is 0 Å². The second-order valence-electron chi connectivity index (χ2n) is 7.56. The third-order valence-electron chi connectivity index (χ3n) is 5.62. The summed E-state index contributed by atoms with van der Waals surface area (Å²) in [5.74, 6) is -0.181. The Morgan fingerprint density at radius 1 is 1.00 bits per heavy atom. The number of piperidine rings is 1. The Bertz CT molecular complexity index is 868. The maximum atomic E-state index is 15.4. The van der Waals surface area contributed by atoms with E-state index in [4.69, 9.17) is 10.5 Å². The van der Waals surface area contributed by atoms with Gasteiger partial charge >= 0.3 is 6.18 Å². The van der Waals surface area contributed by atoms with Gasteiger partial charge < -0.3 is 20.3 Å². The van der Waals surface area contributed by atoms with Gasteiger partial charge in [-0.05, 0) is 30.5 Å². The molecule has 4 rings (SSSR count).